The maximum Gasteiger partial charge on any atom is 0.255 e. The zero-order chi connectivity index (χ0) is 23.9. The fourth-order valence-electron chi connectivity index (χ4n) is 5.58. The highest BCUT2D eigenvalue weighted by atomic mass is 16.4. The van der Waals surface area contributed by atoms with E-state index in [1.165, 1.54) is 25.1 Å². The lowest BCUT2D eigenvalue weighted by atomic mass is 9.54. The molecule has 1 amide bonds. The molecule has 1 aromatic rings. The highest BCUT2D eigenvalue weighted by Gasteiger charge is 2.68. The van der Waals surface area contributed by atoms with Crippen LogP contribution < -0.4 is 5.73 Å². The van der Waals surface area contributed by atoms with Gasteiger partial charge in [-0.15, -0.1) is 0 Å². The number of carbonyl (C=O) groups excluding carboxylic acids is 3. The Bertz CT molecular complexity index is 1140. The van der Waals surface area contributed by atoms with Crippen molar-refractivity contribution >= 4 is 23.2 Å². The van der Waals surface area contributed by atoms with Crippen LogP contribution in [0.5, 0.6) is 5.75 Å². The molecule has 3 aliphatic rings. The maximum atomic E-state index is 13.7. The molecular weight excluding hydrogens is 420 g/mol. The van der Waals surface area contributed by atoms with E-state index in [1.54, 1.807) is 19.1 Å². The first-order valence-electron chi connectivity index (χ1n) is 10.0. The van der Waals surface area contributed by atoms with Gasteiger partial charge in [-0.2, -0.15) is 0 Å². The zero-order valence-corrected chi connectivity index (χ0v) is 17.6. The monoisotopic (exact) mass is 444 g/mol. The zero-order valence-electron chi connectivity index (χ0n) is 17.6. The van der Waals surface area contributed by atoms with E-state index in [2.05, 4.69) is 0 Å². The third-order valence-electron chi connectivity index (χ3n) is 6.99. The van der Waals surface area contributed by atoms with Gasteiger partial charge in [-0.3, -0.25) is 19.3 Å². The Morgan fingerprint density at radius 3 is 2.34 bits per heavy atom. The summed E-state index contributed by atoms with van der Waals surface area (Å²) in [5, 5.41) is 54.9. The lowest BCUT2D eigenvalue weighted by Gasteiger charge is -2.53. The number of hydrogen-bond acceptors (Lipinski definition) is 9. The molecule has 4 rings (SSSR count). The molecule has 6 atom stereocenters. The van der Waals surface area contributed by atoms with Crippen molar-refractivity contribution in [3.63, 3.8) is 0 Å². The minimum Gasteiger partial charge on any atom is -0.508 e. The van der Waals surface area contributed by atoms with Gasteiger partial charge in [0.25, 0.3) is 5.91 Å². The Morgan fingerprint density at radius 2 is 1.78 bits per heavy atom. The Kier molecular flexibility index (Phi) is 4.74. The van der Waals surface area contributed by atoms with Crippen molar-refractivity contribution < 1.29 is 39.9 Å². The van der Waals surface area contributed by atoms with Gasteiger partial charge in [-0.25, -0.2) is 0 Å². The number of aliphatic hydroxyl groups is 4. The molecule has 0 aromatic heterocycles. The summed E-state index contributed by atoms with van der Waals surface area (Å²) in [6, 6.07) is 3.13. The van der Waals surface area contributed by atoms with Crippen molar-refractivity contribution in [1.82, 2.24) is 4.90 Å². The van der Waals surface area contributed by atoms with Gasteiger partial charge < -0.3 is 31.3 Å². The van der Waals surface area contributed by atoms with Crippen LogP contribution in [0, 0.1) is 11.8 Å². The van der Waals surface area contributed by atoms with Crippen LogP contribution in [0.25, 0.3) is 5.76 Å². The molecule has 4 unspecified atom stereocenters. The molecule has 10 heteroatoms. The number of aliphatic hydroxyl groups excluding tert-OH is 3. The summed E-state index contributed by atoms with van der Waals surface area (Å²) in [5.41, 5.74) is 1.47. The molecule has 0 radical (unpaired) electrons. The lowest BCUT2D eigenvalue weighted by molar-refractivity contribution is -0.169. The number of ketones is 2. The predicted octanol–water partition coefficient (Wildman–Crippen LogP) is -0.504. The molecule has 1 saturated carbocycles. The maximum absolute atomic E-state index is 13.7. The van der Waals surface area contributed by atoms with Crippen LogP contribution in [-0.4, -0.2) is 79.7 Å². The van der Waals surface area contributed by atoms with Gasteiger partial charge in [-0.1, -0.05) is 19.1 Å². The van der Waals surface area contributed by atoms with E-state index in [-0.39, 0.29) is 11.3 Å². The first-order chi connectivity index (χ1) is 14.9. The lowest BCUT2D eigenvalue weighted by Crippen LogP contribution is -2.70. The second-order valence-corrected chi connectivity index (χ2v) is 8.79. The van der Waals surface area contributed by atoms with Gasteiger partial charge in [0.1, 0.15) is 22.8 Å². The van der Waals surface area contributed by atoms with E-state index in [1.807, 2.05) is 0 Å². The first kappa shape index (κ1) is 22.0. The number of primary amides is 1. The van der Waals surface area contributed by atoms with E-state index < -0.39 is 75.6 Å². The number of hydrogen-bond donors (Lipinski definition) is 6. The van der Waals surface area contributed by atoms with Gasteiger partial charge in [0.2, 0.25) is 5.78 Å². The molecule has 10 nitrogen and oxygen atoms in total. The summed E-state index contributed by atoms with van der Waals surface area (Å²) in [4.78, 5) is 40.0. The molecule has 1 fully saturated rings. The average Bonchev–Trinajstić information content (AvgIpc) is 2.70. The van der Waals surface area contributed by atoms with E-state index in [0.29, 0.717) is 5.56 Å². The fraction of sp³-hybridized carbons (Fsp3) is 0.409. The fourth-order valence-corrected chi connectivity index (χ4v) is 5.58. The summed E-state index contributed by atoms with van der Waals surface area (Å²) < 4.78 is 0. The molecule has 32 heavy (non-hydrogen) atoms. The first-order valence-corrected chi connectivity index (χ1v) is 10.0. The van der Waals surface area contributed by atoms with Gasteiger partial charge in [0.15, 0.2) is 11.4 Å². The molecule has 0 heterocycles. The van der Waals surface area contributed by atoms with Gasteiger partial charge >= 0.3 is 0 Å². The Morgan fingerprint density at radius 1 is 1.16 bits per heavy atom. The van der Waals surface area contributed by atoms with Gasteiger partial charge in [0, 0.05) is 11.5 Å². The number of phenols is 1. The van der Waals surface area contributed by atoms with Crippen LogP contribution in [0.4, 0.5) is 0 Å². The summed E-state index contributed by atoms with van der Waals surface area (Å²) in [5.74, 6) is -8.87. The largest absolute Gasteiger partial charge is 0.508 e. The SMILES string of the molecule is CC1c2cccc(O)c2C(O)=C2C(=O)[C@]3(O)C(O)=C(C(N)=O)C(=O)[C@@H](N(C)C)C3C(O)C21. The standard InChI is InChI=1S/C22H24N2O8/c1-7-8-5-4-6-9(25)11(8)16(26)12-10(7)17(27)14-15(24(2)3)18(28)13(21(23)31)20(30)22(14,32)19(12)29/h4-7,10,14-15,17,25-27,30,32H,1-3H3,(H2,23,31)/t7?,10?,14?,15-,17?,22-/m0/s1. The topological polar surface area (TPSA) is 182 Å². The molecule has 1 aromatic carbocycles. The van der Waals surface area contributed by atoms with E-state index >= 15 is 0 Å². The molecule has 0 aliphatic heterocycles. The van der Waals surface area contributed by atoms with Crippen molar-refractivity contribution in [1.29, 1.82) is 0 Å². The number of fused-ring (bicyclic) bond motifs is 3. The predicted molar refractivity (Wildman–Crippen MR) is 110 cm³/mol. The van der Waals surface area contributed by atoms with E-state index in [9.17, 15) is 39.9 Å². The molecular formula is C22H24N2O8. The number of Topliss-reactive ketones (excluding diaryl/α,β-unsaturated/α-hetero) is 2. The third kappa shape index (κ3) is 2.48. The van der Waals surface area contributed by atoms with Crippen LogP contribution in [0.2, 0.25) is 0 Å². The van der Waals surface area contributed by atoms with Crippen LogP contribution in [0.15, 0.2) is 35.1 Å². The van der Waals surface area contributed by atoms with E-state index in [0.717, 1.165) is 0 Å². The number of amides is 1. The number of nitrogens with zero attached hydrogens (tertiary/aromatic N) is 1. The third-order valence-corrected chi connectivity index (χ3v) is 6.99. The number of aromatic hydroxyl groups is 1. The Labute approximate surface area is 182 Å². The van der Waals surface area contributed by atoms with Crippen molar-refractivity contribution in [2.75, 3.05) is 14.1 Å². The number of carbonyl (C=O) groups is 3. The number of rotatable bonds is 2. The second-order valence-electron chi connectivity index (χ2n) is 8.79. The van der Waals surface area contributed by atoms with Crippen LogP contribution >= 0.6 is 0 Å². The number of nitrogens with two attached hydrogens (primary N) is 1. The van der Waals surface area contributed by atoms with Gasteiger partial charge in [0.05, 0.1) is 23.6 Å². The molecule has 0 bridgehead atoms. The number of benzene rings is 1. The van der Waals surface area contributed by atoms with E-state index in [4.69, 9.17) is 5.73 Å². The summed E-state index contributed by atoms with van der Waals surface area (Å²) in [6.45, 7) is 1.68. The minimum atomic E-state index is -2.89. The smallest absolute Gasteiger partial charge is 0.255 e. The second kappa shape index (κ2) is 6.89. The summed E-state index contributed by atoms with van der Waals surface area (Å²) in [6.07, 6.45) is -1.59. The van der Waals surface area contributed by atoms with Gasteiger partial charge in [-0.05, 0) is 31.6 Å². The average molecular weight is 444 g/mol. The highest BCUT2D eigenvalue weighted by molar-refractivity contribution is 6.24. The van der Waals surface area contributed by atoms with Crippen molar-refractivity contribution in [3.8, 4) is 5.75 Å². The number of likely N-dealkylation sites (N-methyl/N-ethyl adjacent to an activating group) is 1. The molecule has 170 valence electrons. The van der Waals surface area contributed by atoms with Crippen molar-refractivity contribution in [2.45, 2.75) is 30.6 Å². The quantitative estimate of drug-likeness (QED) is 0.327. The van der Waals surface area contributed by atoms with Crippen LogP contribution in [-0.2, 0) is 14.4 Å². The van der Waals surface area contributed by atoms with Crippen LogP contribution in [0.1, 0.15) is 24.0 Å². The Hall–Kier alpha value is -3.21. The summed E-state index contributed by atoms with van der Waals surface area (Å²) in [7, 11) is 2.92. The normalized spacial score (nSPS) is 34.4. The molecule has 7 N–H and O–H groups in total. The van der Waals surface area contributed by atoms with Crippen molar-refractivity contribution in [2.24, 2.45) is 17.6 Å². The molecule has 0 saturated heterocycles. The summed E-state index contributed by atoms with van der Waals surface area (Å²) >= 11 is 0. The van der Waals surface area contributed by atoms with Crippen LogP contribution in [0.3, 0.4) is 0 Å². The highest BCUT2D eigenvalue weighted by Crippen LogP contribution is 2.55. The number of phenolic OH excluding ortho intramolecular Hbond substituents is 1. The Balaban J connectivity index is 2.07. The molecule has 3 aliphatic carbocycles. The molecule has 0 spiro atoms. The minimum absolute atomic E-state index is 0.0245. The van der Waals surface area contributed by atoms with Crippen molar-refractivity contribution in [3.05, 3.63) is 46.2 Å².